The third-order valence-electron chi connectivity index (χ3n) is 5.35. The molecule has 2 N–H and O–H groups in total. The van der Waals surface area contributed by atoms with E-state index in [0.717, 1.165) is 38.0 Å². The van der Waals surface area contributed by atoms with Crippen LogP contribution >= 0.6 is 0 Å². The lowest BCUT2D eigenvalue weighted by atomic mass is 9.98. The predicted octanol–water partition coefficient (Wildman–Crippen LogP) is 3.74. The van der Waals surface area contributed by atoms with Crippen LogP contribution in [0.5, 0.6) is 0 Å². The van der Waals surface area contributed by atoms with E-state index in [1.54, 1.807) is 0 Å². The molecule has 2 amide bonds. The van der Waals surface area contributed by atoms with Crippen molar-refractivity contribution in [2.24, 2.45) is 5.92 Å². The van der Waals surface area contributed by atoms with Crippen LogP contribution in [0.25, 0.3) is 0 Å². The quantitative estimate of drug-likeness (QED) is 0.834. The number of benzene rings is 2. The van der Waals surface area contributed by atoms with Gasteiger partial charge in [-0.2, -0.15) is 0 Å². The second-order valence-electron chi connectivity index (χ2n) is 8.06. The van der Waals surface area contributed by atoms with E-state index < -0.39 is 0 Å². The van der Waals surface area contributed by atoms with Crippen LogP contribution in [0.15, 0.2) is 42.5 Å². The first-order chi connectivity index (χ1) is 13.5. The zero-order valence-corrected chi connectivity index (χ0v) is 16.5. The summed E-state index contributed by atoms with van der Waals surface area (Å²) in [7, 11) is 0. The topological polar surface area (TPSA) is 61.4 Å². The van der Waals surface area contributed by atoms with E-state index in [1.165, 1.54) is 11.1 Å². The van der Waals surface area contributed by atoms with Crippen LogP contribution in [0, 0.1) is 5.92 Å². The lowest BCUT2D eigenvalue weighted by Gasteiger charge is -2.32. The molecule has 2 aliphatic rings. The van der Waals surface area contributed by atoms with Crippen LogP contribution in [0.4, 0.5) is 11.4 Å². The van der Waals surface area contributed by atoms with Gasteiger partial charge in [-0.25, -0.2) is 0 Å². The van der Waals surface area contributed by atoms with E-state index in [-0.39, 0.29) is 23.8 Å². The van der Waals surface area contributed by atoms with Gasteiger partial charge in [-0.3, -0.25) is 9.59 Å². The molecule has 1 aliphatic carbocycles. The first-order valence-electron chi connectivity index (χ1n) is 10.1. The fraction of sp³-hybridized carbons (Fsp3) is 0.391. The molecule has 1 aliphatic heterocycles. The molecule has 1 saturated carbocycles. The summed E-state index contributed by atoms with van der Waals surface area (Å²) in [5.74, 6) is 0.0764. The third-order valence-corrected chi connectivity index (χ3v) is 5.35. The van der Waals surface area contributed by atoms with Crippen molar-refractivity contribution >= 4 is 23.2 Å². The molecular weight excluding hydrogens is 350 g/mol. The molecule has 28 heavy (non-hydrogen) atoms. The van der Waals surface area contributed by atoms with Gasteiger partial charge in [0.25, 0.3) is 5.91 Å². The van der Waals surface area contributed by atoms with E-state index in [1.807, 2.05) is 32.0 Å². The molecule has 2 aromatic rings. The number of hydrogen-bond donors (Lipinski definition) is 2. The Morgan fingerprint density at radius 2 is 1.82 bits per heavy atom. The van der Waals surface area contributed by atoms with Crippen molar-refractivity contribution in [2.75, 3.05) is 16.8 Å². The number of fused-ring (bicyclic) bond motifs is 1. The second-order valence-corrected chi connectivity index (χ2v) is 8.06. The number of hydrogen-bond acceptors (Lipinski definition) is 3. The van der Waals surface area contributed by atoms with Crippen LogP contribution in [0.3, 0.4) is 0 Å². The lowest BCUT2D eigenvalue weighted by molar-refractivity contribution is -0.117. The Morgan fingerprint density at radius 3 is 2.54 bits per heavy atom. The van der Waals surface area contributed by atoms with Gasteiger partial charge in [0.1, 0.15) is 0 Å². The average molecular weight is 377 g/mol. The average Bonchev–Trinajstić information content (AvgIpc) is 3.52. The first-order valence-corrected chi connectivity index (χ1v) is 10.1. The van der Waals surface area contributed by atoms with Crippen molar-refractivity contribution < 1.29 is 9.59 Å². The Morgan fingerprint density at radius 1 is 1.07 bits per heavy atom. The van der Waals surface area contributed by atoms with Gasteiger partial charge in [0.2, 0.25) is 5.91 Å². The zero-order valence-electron chi connectivity index (χ0n) is 16.5. The minimum Gasteiger partial charge on any atom is -0.366 e. The number of carbonyl (C=O) groups is 2. The maximum absolute atomic E-state index is 12.9. The second kappa shape index (κ2) is 7.66. The molecule has 5 heteroatoms. The summed E-state index contributed by atoms with van der Waals surface area (Å²) in [6.45, 7) is 5.56. The Labute approximate surface area is 166 Å². The highest BCUT2D eigenvalue weighted by molar-refractivity contribution is 6.02. The Hall–Kier alpha value is -2.82. The van der Waals surface area contributed by atoms with E-state index in [2.05, 4.69) is 39.8 Å². The molecule has 0 unspecified atom stereocenters. The number of nitrogens with one attached hydrogen (secondary N) is 2. The number of nitrogens with zero attached hydrogens (tertiary/aromatic N) is 1. The molecule has 0 radical (unpaired) electrons. The van der Waals surface area contributed by atoms with E-state index in [0.29, 0.717) is 11.3 Å². The molecule has 146 valence electrons. The Bertz CT molecular complexity index is 902. The largest absolute Gasteiger partial charge is 0.366 e. The number of rotatable bonds is 5. The normalized spacial score (nSPS) is 15.9. The summed E-state index contributed by atoms with van der Waals surface area (Å²) in [4.78, 5) is 27.3. The maximum atomic E-state index is 12.9. The van der Waals surface area contributed by atoms with Crippen molar-refractivity contribution in [1.82, 2.24) is 5.32 Å². The van der Waals surface area contributed by atoms with Crippen LogP contribution < -0.4 is 15.5 Å². The molecule has 0 spiro atoms. The highest BCUT2D eigenvalue weighted by atomic mass is 16.2. The van der Waals surface area contributed by atoms with E-state index >= 15 is 0 Å². The van der Waals surface area contributed by atoms with Gasteiger partial charge >= 0.3 is 0 Å². The van der Waals surface area contributed by atoms with E-state index in [9.17, 15) is 9.59 Å². The third kappa shape index (κ3) is 4.03. The lowest BCUT2D eigenvalue weighted by Crippen LogP contribution is -2.35. The Kier molecular flexibility index (Phi) is 5.07. The minimum absolute atomic E-state index is 0.0483. The van der Waals surface area contributed by atoms with Crippen LogP contribution in [0.1, 0.15) is 48.2 Å². The molecule has 0 saturated heterocycles. The molecule has 0 bridgehead atoms. The maximum Gasteiger partial charge on any atom is 0.253 e. The highest BCUT2D eigenvalue weighted by Crippen LogP contribution is 2.32. The fourth-order valence-electron chi connectivity index (χ4n) is 3.70. The number of carbonyl (C=O) groups excluding carboxylic acids is 2. The molecule has 1 fully saturated rings. The van der Waals surface area contributed by atoms with Crippen molar-refractivity contribution in [3.8, 4) is 0 Å². The molecular formula is C23H27N3O2. The summed E-state index contributed by atoms with van der Waals surface area (Å²) >= 11 is 0. The minimum atomic E-state index is -0.105. The zero-order chi connectivity index (χ0) is 19.7. The first kappa shape index (κ1) is 18.5. The smallest absolute Gasteiger partial charge is 0.253 e. The van der Waals surface area contributed by atoms with Gasteiger partial charge in [0.05, 0.1) is 5.56 Å². The summed E-state index contributed by atoms with van der Waals surface area (Å²) < 4.78 is 0. The van der Waals surface area contributed by atoms with Gasteiger partial charge < -0.3 is 15.5 Å². The number of amides is 2. The summed E-state index contributed by atoms with van der Waals surface area (Å²) in [6.07, 6.45) is 2.87. The SMILES string of the molecule is CC(C)NC(=O)c1cc(NC(=O)C2CC2)ccc1N1CCc2ccccc2C1. The summed E-state index contributed by atoms with van der Waals surface area (Å²) in [5, 5.41) is 5.96. The molecule has 2 aromatic carbocycles. The van der Waals surface area contributed by atoms with Crippen molar-refractivity contribution in [1.29, 1.82) is 0 Å². The predicted molar refractivity (Wildman–Crippen MR) is 112 cm³/mol. The standard InChI is InChI=1S/C23H27N3O2/c1-15(2)24-23(28)20-13-19(25-22(27)17-7-8-17)9-10-21(20)26-12-11-16-5-3-4-6-18(16)14-26/h3-6,9-10,13,15,17H,7-8,11-12,14H2,1-2H3,(H,24,28)(H,25,27). The molecule has 0 atom stereocenters. The molecule has 4 rings (SSSR count). The van der Waals surface area contributed by atoms with Gasteiger partial charge in [-0.05, 0) is 62.4 Å². The Balaban J connectivity index is 1.63. The van der Waals surface area contributed by atoms with Crippen molar-refractivity contribution in [3.05, 3.63) is 59.2 Å². The summed E-state index contributed by atoms with van der Waals surface area (Å²) in [5.41, 5.74) is 4.89. The van der Waals surface area contributed by atoms with Crippen LogP contribution in [-0.2, 0) is 17.8 Å². The number of anilines is 2. The van der Waals surface area contributed by atoms with Crippen molar-refractivity contribution in [3.63, 3.8) is 0 Å². The molecule has 0 aromatic heterocycles. The van der Waals surface area contributed by atoms with Gasteiger partial charge in [0, 0.05) is 36.4 Å². The van der Waals surface area contributed by atoms with Gasteiger partial charge in [-0.15, -0.1) is 0 Å². The van der Waals surface area contributed by atoms with Gasteiger partial charge in [-0.1, -0.05) is 24.3 Å². The van der Waals surface area contributed by atoms with Crippen LogP contribution in [-0.4, -0.2) is 24.4 Å². The molecule has 1 heterocycles. The fourth-order valence-corrected chi connectivity index (χ4v) is 3.70. The molecule has 5 nitrogen and oxygen atoms in total. The van der Waals surface area contributed by atoms with Crippen LogP contribution in [0.2, 0.25) is 0 Å². The highest BCUT2D eigenvalue weighted by Gasteiger charge is 2.30. The van der Waals surface area contributed by atoms with E-state index in [4.69, 9.17) is 0 Å². The monoisotopic (exact) mass is 377 g/mol. The summed E-state index contributed by atoms with van der Waals surface area (Å²) in [6, 6.07) is 14.2. The van der Waals surface area contributed by atoms with Gasteiger partial charge in [0.15, 0.2) is 0 Å². The van der Waals surface area contributed by atoms with Crippen molar-refractivity contribution in [2.45, 2.75) is 45.7 Å².